The largest absolute Gasteiger partial charge is 0.495 e. The molecule has 7 heteroatoms. The number of thiocarbonyl (C=S) groups is 1. The van der Waals surface area contributed by atoms with Crippen LogP contribution in [-0.2, 0) is 6.54 Å². The lowest BCUT2D eigenvalue weighted by Gasteiger charge is -2.29. The van der Waals surface area contributed by atoms with Gasteiger partial charge in [0.1, 0.15) is 5.75 Å². The van der Waals surface area contributed by atoms with Crippen LogP contribution in [0.5, 0.6) is 5.75 Å². The fourth-order valence-corrected chi connectivity index (χ4v) is 4.57. The van der Waals surface area contributed by atoms with Crippen LogP contribution >= 0.6 is 12.2 Å². The van der Waals surface area contributed by atoms with Crippen LogP contribution in [0.1, 0.15) is 29.0 Å². The van der Waals surface area contributed by atoms with E-state index in [0.29, 0.717) is 11.7 Å². The maximum Gasteiger partial charge on any atom is 0.170 e. The molecule has 160 valence electrons. The summed E-state index contributed by atoms with van der Waals surface area (Å²) in [6.07, 6.45) is 7.51. The molecule has 0 spiro atoms. The number of nitrogens with zero attached hydrogens (tertiary/aromatic N) is 4. The summed E-state index contributed by atoms with van der Waals surface area (Å²) in [6.45, 7) is 0.666. The Balaban J connectivity index is 1.62. The molecule has 1 N–H and O–H groups in total. The molecule has 4 heterocycles. The molecule has 0 saturated carbocycles. The van der Waals surface area contributed by atoms with E-state index in [1.165, 1.54) is 0 Å². The zero-order chi connectivity index (χ0) is 21.9. The second kappa shape index (κ2) is 8.80. The van der Waals surface area contributed by atoms with Crippen molar-refractivity contribution in [3.8, 4) is 11.4 Å². The van der Waals surface area contributed by atoms with Crippen LogP contribution in [0, 0.1) is 0 Å². The Bertz CT molecular complexity index is 1210. The molecule has 4 aromatic rings. The maximum absolute atomic E-state index is 5.81. The molecule has 0 unspecified atom stereocenters. The zero-order valence-corrected chi connectivity index (χ0v) is 18.4. The van der Waals surface area contributed by atoms with Crippen molar-refractivity contribution in [3.63, 3.8) is 0 Å². The third-order valence-corrected chi connectivity index (χ3v) is 6.08. The van der Waals surface area contributed by atoms with Crippen molar-refractivity contribution in [2.75, 3.05) is 7.11 Å². The normalized spacial score (nSPS) is 17.9. The first kappa shape index (κ1) is 20.2. The molecular weight excluding hydrogens is 418 g/mol. The van der Waals surface area contributed by atoms with Crippen LogP contribution in [0.2, 0.25) is 0 Å². The van der Waals surface area contributed by atoms with Gasteiger partial charge in [0.2, 0.25) is 0 Å². The third-order valence-electron chi connectivity index (χ3n) is 5.73. The molecule has 0 aliphatic carbocycles. The Morgan fingerprint density at radius 2 is 1.78 bits per heavy atom. The van der Waals surface area contributed by atoms with Gasteiger partial charge in [-0.3, -0.25) is 9.97 Å². The number of methoxy groups -OCH3 is 1. The molecule has 2 atom stereocenters. The highest BCUT2D eigenvalue weighted by molar-refractivity contribution is 7.80. The minimum Gasteiger partial charge on any atom is -0.495 e. The highest BCUT2D eigenvalue weighted by Crippen LogP contribution is 2.41. The van der Waals surface area contributed by atoms with E-state index in [1.807, 2.05) is 67.1 Å². The van der Waals surface area contributed by atoms with E-state index in [1.54, 1.807) is 7.11 Å². The van der Waals surface area contributed by atoms with E-state index in [-0.39, 0.29) is 12.1 Å². The minimum absolute atomic E-state index is 0.0644. The number of aromatic nitrogens is 3. The van der Waals surface area contributed by atoms with Crippen LogP contribution < -0.4 is 10.1 Å². The Morgan fingerprint density at radius 3 is 2.56 bits per heavy atom. The molecule has 5 rings (SSSR count). The molecule has 6 nitrogen and oxygen atoms in total. The molecule has 1 fully saturated rings. The number of rotatable bonds is 6. The van der Waals surface area contributed by atoms with Crippen LogP contribution in [0.4, 0.5) is 0 Å². The molecule has 1 saturated heterocycles. The molecule has 0 bridgehead atoms. The van der Waals surface area contributed by atoms with Crippen molar-refractivity contribution in [1.82, 2.24) is 24.8 Å². The van der Waals surface area contributed by atoms with Gasteiger partial charge in [-0.2, -0.15) is 0 Å². The molecule has 0 amide bonds. The molecule has 1 aliphatic rings. The molecule has 32 heavy (non-hydrogen) atoms. The number of nitrogens with one attached hydrogen (secondary N) is 1. The summed E-state index contributed by atoms with van der Waals surface area (Å²) in [6, 6.07) is 22.1. The van der Waals surface area contributed by atoms with E-state index in [9.17, 15) is 0 Å². The van der Waals surface area contributed by atoms with Crippen molar-refractivity contribution >= 4 is 17.3 Å². The van der Waals surface area contributed by atoms with E-state index >= 15 is 0 Å². The second-order valence-corrected chi connectivity index (χ2v) is 7.97. The van der Waals surface area contributed by atoms with Gasteiger partial charge in [0.05, 0.1) is 30.6 Å². The van der Waals surface area contributed by atoms with E-state index < -0.39 is 0 Å². The average molecular weight is 442 g/mol. The lowest BCUT2D eigenvalue weighted by molar-refractivity contribution is 0.301. The molecular formula is C25H23N5OS. The van der Waals surface area contributed by atoms with Crippen molar-refractivity contribution < 1.29 is 4.74 Å². The number of para-hydroxylation sites is 2. The van der Waals surface area contributed by atoms with Crippen molar-refractivity contribution in [1.29, 1.82) is 0 Å². The predicted octanol–water partition coefficient (Wildman–Crippen LogP) is 4.45. The summed E-state index contributed by atoms with van der Waals surface area (Å²) >= 11 is 5.81. The fraction of sp³-hybridized carbons (Fsp3) is 0.160. The Kier molecular flexibility index (Phi) is 5.56. The number of pyridine rings is 2. The zero-order valence-electron chi connectivity index (χ0n) is 17.6. The van der Waals surface area contributed by atoms with Gasteiger partial charge in [-0.05, 0) is 66.3 Å². The van der Waals surface area contributed by atoms with Gasteiger partial charge in [0.25, 0.3) is 0 Å². The third kappa shape index (κ3) is 3.71. The highest BCUT2D eigenvalue weighted by atomic mass is 32.1. The number of ether oxygens (including phenoxy) is 1. The summed E-state index contributed by atoms with van der Waals surface area (Å²) in [5.41, 5.74) is 4.18. The van der Waals surface area contributed by atoms with E-state index in [2.05, 4.69) is 49.1 Å². The minimum atomic E-state index is -0.0890. The van der Waals surface area contributed by atoms with Crippen molar-refractivity contribution in [3.05, 3.63) is 108 Å². The molecule has 1 aliphatic heterocycles. The number of benzene rings is 1. The van der Waals surface area contributed by atoms with E-state index in [4.69, 9.17) is 17.0 Å². The lowest BCUT2D eigenvalue weighted by Crippen LogP contribution is -2.30. The topological polar surface area (TPSA) is 55.2 Å². The predicted molar refractivity (Wildman–Crippen MR) is 128 cm³/mol. The average Bonchev–Trinajstić information content (AvgIpc) is 3.45. The Hall–Kier alpha value is -3.71. The molecule has 1 aromatic carbocycles. The van der Waals surface area contributed by atoms with Crippen LogP contribution in [0.15, 0.2) is 91.5 Å². The first-order valence-corrected chi connectivity index (χ1v) is 10.8. The molecule has 0 radical (unpaired) electrons. The van der Waals surface area contributed by atoms with E-state index in [0.717, 1.165) is 28.4 Å². The van der Waals surface area contributed by atoms with Gasteiger partial charge in [0, 0.05) is 37.0 Å². The lowest BCUT2D eigenvalue weighted by atomic mass is 10.0. The smallest absolute Gasteiger partial charge is 0.170 e. The van der Waals surface area contributed by atoms with Crippen LogP contribution in [-0.4, -0.2) is 31.7 Å². The standard InChI is InChI=1S/C25H23N5OS/c1-31-22-10-3-2-8-20(22)29-16-6-9-21(29)24-23(19-7-4-5-13-27-19)28-25(32)30(24)17-18-11-14-26-15-12-18/h2-16,23-24H,17H2,1H3,(H,28,32)/t23-,24-/m0/s1. The van der Waals surface area contributed by atoms with Gasteiger partial charge in [0.15, 0.2) is 5.11 Å². The van der Waals surface area contributed by atoms with Crippen molar-refractivity contribution in [2.45, 2.75) is 18.6 Å². The fourth-order valence-electron chi connectivity index (χ4n) is 4.27. The SMILES string of the molecule is COc1ccccc1-n1cccc1[C@H]1[C@H](c2ccccn2)NC(=S)N1Cc1ccncc1. The Labute approximate surface area is 192 Å². The van der Waals surface area contributed by atoms with Gasteiger partial charge in [-0.15, -0.1) is 0 Å². The summed E-state index contributed by atoms with van der Waals surface area (Å²) < 4.78 is 7.82. The van der Waals surface area contributed by atoms with Gasteiger partial charge >= 0.3 is 0 Å². The van der Waals surface area contributed by atoms with Crippen LogP contribution in [0.25, 0.3) is 5.69 Å². The maximum atomic E-state index is 5.81. The first-order valence-electron chi connectivity index (χ1n) is 10.4. The van der Waals surface area contributed by atoms with Crippen LogP contribution in [0.3, 0.4) is 0 Å². The molecule has 3 aromatic heterocycles. The van der Waals surface area contributed by atoms with Crippen molar-refractivity contribution in [2.24, 2.45) is 0 Å². The summed E-state index contributed by atoms with van der Waals surface area (Å²) in [5.74, 6) is 0.813. The highest BCUT2D eigenvalue weighted by Gasteiger charge is 2.41. The number of hydrogen-bond acceptors (Lipinski definition) is 4. The Morgan fingerprint density at radius 1 is 0.969 bits per heavy atom. The van der Waals surface area contributed by atoms with Gasteiger partial charge in [-0.1, -0.05) is 18.2 Å². The number of hydrogen-bond donors (Lipinski definition) is 1. The summed E-state index contributed by atoms with van der Waals surface area (Å²) in [7, 11) is 1.70. The van der Waals surface area contributed by atoms with Gasteiger partial charge < -0.3 is 19.5 Å². The summed E-state index contributed by atoms with van der Waals surface area (Å²) in [5, 5.41) is 4.22. The monoisotopic (exact) mass is 441 g/mol. The quantitative estimate of drug-likeness (QED) is 0.446. The first-order chi connectivity index (χ1) is 15.8. The second-order valence-electron chi connectivity index (χ2n) is 7.58. The summed E-state index contributed by atoms with van der Waals surface area (Å²) in [4.78, 5) is 11.0. The van der Waals surface area contributed by atoms with Gasteiger partial charge in [-0.25, -0.2) is 0 Å².